The van der Waals surface area contributed by atoms with Crippen LogP contribution in [0.2, 0.25) is 0 Å². The van der Waals surface area contributed by atoms with Crippen LogP contribution in [0.5, 0.6) is 0 Å². The van der Waals surface area contributed by atoms with E-state index in [1.807, 2.05) is 18.2 Å². The van der Waals surface area contributed by atoms with E-state index in [1.54, 1.807) is 0 Å². The molecular weight excluding hydrogens is 306 g/mol. The van der Waals surface area contributed by atoms with Gasteiger partial charge < -0.3 is 5.11 Å². The molecule has 1 aromatic carbocycles. The zero-order valence-corrected chi connectivity index (χ0v) is 12.6. The van der Waals surface area contributed by atoms with Gasteiger partial charge in [0.25, 0.3) is 0 Å². The van der Waals surface area contributed by atoms with Gasteiger partial charge in [0, 0.05) is 11.0 Å². The van der Waals surface area contributed by atoms with Gasteiger partial charge in [-0.3, -0.25) is 9.69 Å². The number of halogens is 1. The molecule has 0 aromatic heterocycles. The first-order valence-corrected chi connectivity index (χ1v) is 7.68. The van der Waals surface area contributed by atoms with Gasteiger partial charge in [-0.05, 0) is 31.0 Å². The monoisotopic (exact) mass is 325 g/mol. The van der Waals surface area contributed by atoms with E-state index in [0.717, 1.165) is 42.3 Å². The number of hydrogen-bond donors (Lipinski definition) is 1. The summed E-state index contributed by atoms with van der Waals surface area (Å²) < 4.78 is 1.06. The van der Waals surface area contributed by atoms with Gasteiger partial charge in [-0.15, -0.1) is 0 Å². The van der Waals surface area contributed by atoms with Crippen LogP contribution < -0.4 is 0 Å². The summed E-state index contributed by atoms with van der Waals surface area (Å²) in [5.74, 6) is -0.686. The number of carbonyl (C=O) groups is 1. The third-order valence-corrected chi connectivity index (χ3v) is 4.50. The maximum absolute atomic E-state index is 11.5. The second-order valence-electron chi connectivity index (χ2n) is 5.12. The molecule has 1 saturated heterocycles. The lowest BCUT2D eigenvalue weighted by Crippen LogP contribution is -2.42. The number of aliphatic carboxylic acids is 1. The highest BCUT2D eigenvalue weighted by Gasteiger charge is 2.26. The average Bonchev–Trinajstić information content (AvgIpc) is 2.34. The Kier molecular flexibility index (Phi) is 5.40. The van der Waals surface area contributed by atoms with Crippen molar-refractivity contribution >= 4 is 21.9 Å². The molecule has 0 amide bonds. The molecule has 1 aromatic rings. The fourth-order valence-corrected chi connectivity index (χ4v) is 3.07. The first-order chi connectivity index (χ1) is 9.18. The highest BCUT2D eigenvalue weighted by molar-refractivity contribution is 9.10. The number of likely N-dealkylation sites (tertiary alicyclic amines) is 1. The molecule has 1 atom stereocenters. The molecule has 1 aliphatic rings. The largest absolute Gasteiger partial charge is 0.480 e. The number of hydrogen-bond acceptors (Lipinski definition) is 2. The van der Waals surface area contributed by atoms with Gasteiger partial charge in [-0.2, -0.15) is 0 Å². The van der Waals surface area contributed by atoms with E-state index in [-0.39, 0.29) is 6.04 Å². The van der Waals surface area contributed by atoms with Crippen molar-refractivity contribution in [3.63, 3.8) is 0 Å². The van der Waals surface area contributed by atoms with Crippen LogP contribution in [-0.4, -0.2) is 28.6 Å². The molecule has 1 heterocycles. The fourth-order valence-electron chi connectivity index (χ4n) is 2.66. The van der Waals surface area contributed by atoms with Crippen molar-refractivity contribution < 1.29 is 9.90 Å². The third kappa shape index (κ3) is 4.05. The van der Waals surface area contributed by atoms with Gasteiger partial charge in [-0.25, -0.2) is 0 Å². The van der Waals surface area contributed by atoms with Crippen LogP contribution in [0.25, 0.3) is 0 Å². The van der Waals surface area contributed by atoms with Crippen molar-refractivity contribution in [1.29, 1.82) is 0 Å². The highest BCUT2D eigenvalue weighted by atomic mass is 79.9. The molecule has 0 spiro atoms. The Hall–Kier alpha value is -0.870. The first-order valence-electron chi connectivity index (χ1n) is 6.89. The minimum absolute atomic E-state index is 0.340. The lowest BCUT2D eigenvalue weighted by Gasteiger charge is -2.31. The third-order valence-electron chi connectivity index (χ3n) is 3.73. The van der Waals surface area contributed by atoms with E-state index in [0.29, 0.717) is 6.54 Å². The van der Waals surface area contributed by atoms with Crippen LogP contribution in [0.1, 0.15) is 37.7 Å². The first kappa shape index (κ1) is 14.5. The molecule has 1 aliphatic heterocycles. The predicted molar refractivity (Wildman–Crippen MR) is 79.1 cm³/mol. The SMILES string of the molecule is O=C(O)C1CCCCCCN1Cc1ccccc1Br. The number of nitrogens with zero attached hydrogens (tertiary/aromatic N) is 1. The number of carboxylic acid groups (broad SMARTS) is 1. The lowest BCUT2D eigenvalue weighted by molar-refractivity contribution is -0.144. The minimum atomic E-state index is -0.686. The molecule has 3 nitrogen and oxygen atoms in total. The summed E-state index contributed by atoms with van der Waals surface area (Å²) >= 11 is 3.54. The minimum Gasteiger partial charge on any atom is -0.480 e. The Morgan fingerprint density at radius 1 is 1.26 bits per heavy atom. The second-order valence-corrected chi connectivity index (χ2v) is 5.97. The maximum Gasteiger partial charge on any atom is 0.320 e. The van der Waals surface area contributed by atoms with Gasteiger partial charge in [-0.1, -0.05) is 53.4 Å². The zero-order valence-electron chi connectivity index (χ0n) is 11.0. The quantitative estimate of drug-likeness (QED) is 0.921. The molecule has 19 heavy (non-hydrogen) atoms. The summed E-state index contributed by atoms with van der Waals surface area (Å²) in [6.07, 6.45) is 5.24. The smallest absolute Gasteiger partial charge is 0.320 e. The Bertz CT molecular complexity index is 436. The molecule has 0 bridgehead atoms. The number of rotatable bonds is 3. The predicted octanol–water partition coefficient (Wildman–Crippen LogP) is 3.67. The van der Waals surface area contributed by atoms with E-state index in [4.69, 9.17) is 0 Å². The molecule has 0 saturated carbocycles. The number of carboxylic acids is 1. The van der Waals surface area contributed by atoms with Gasteiger partial charge in [0.1, 0.15) is 6.04 Å². The van der Waals surface area contributed by atoms with Crippen LogP contribution >= 0.6 is 15.9 Å². The van der Waals surface area contributed by atoms with E-state index in [9.17, 15) is 9.90 Å². The van der Waals surface area contributed by atoms with Crippen molar-refractivity contribution in [1.82, 2.24) is 4.90 Å². The molecular formula is C15H20BrNO2. The van der Waals surface area contributed by atoms with Crippen molar-refractivity contribution in [2.45, 2.75) is 44.7 Å². The Morgan fingerprint density at radius 2 is 2.00 bits per heavy atom. The maximum atomic E-state index is 11.5. The molecule has 104 valence electrons. The summed E-state index contributed by atoms with van der Waals surface area (Å²) in [6, 6.07) is 7.71. The summed E-state index contributed by atoms with van der Waals surface area (Å²) in [7, 11) is 0. The van der Waals surface area contributed by atoms with E-state index >= 15 is 0 Å². The Morgan fingerprint density at radius 3 is 2.74 bits per heavy atom. The molecule has 1 N–H and O–H groups in total. The number of benzene rings is 1. The summed E-state index contributed by atoms with van der Waals surface area (Å²) in [4.78, 5) is 13.6. The molecule has 0 aliphatic carbocycles. The normalized spacial score (nSPS) is 21.6. The van der Waals surface area contributed by atoms with Crippen LogP contribution in [0.4, 0.5) is 0 Å². The summed E-state index contributed by atoms with van der Waals surface area (Å²) in [5, 5.41) is 9.42. The second kappa shape index (κ2) is 7.06. The standard InChI is InChI=1S/C15H20BrNO2/c16-13-8-5-4-7-12(13)11-17-10-6-2-1-3-9-14(17)15(18)19/h4-5,7-8,14H,1-3,6,9-11H2,(H,18,19). The van der Waals surface area contributed by atoms with Gasteiger partial charge in [0.05, 0.1) is 0 Å². The molecule has 4 heteroatoms. The Balaban J connectivity index is 2.13. The van der Waals surface area contributed by atoms with E-state index < -0.39 is 5.97 Å². The van der Waals surface area contributed by atoms with Gasteiger partial charge >= 0.3 is 5.97 Å². The Labute approximate surface area is 122 Å². The van der Waals surface area contributed by atoms with Gasteiger partial charge in [0.2, 0.25) is 0 Å². The molecule has 2 rings (SSSR count). The van der Waals surface area contributed by atoms with Crippen molar-refractivity contribution in [2.24, 2.45) is 0 Å². The van der Waals surface area contributed by atoms with Crippen LogP contribution in [-0.2, 0) is 11.3 Å². The van der Waals surface area contributed by atoms with Crippen LogP contribution in [0, 0.1) is 0 Å². The lowest BCUT2D eigenvalue weighted by atomic mass is 10.0. The summed E-state index contributed by atoms with van der Waals surface area (Å²) in [5.41, 5.74) is 1.16. The fraction of sp³-hybridized carbons (Fsp3) is 0.533. The molecule has 1 fully saturated rings. The van der Waals surface area contributed by atoms with Gasteiger partial charge in [0.15, 0.2) is 0 Å². The average molecular weight is 326 g/mol. The zero-order chi connectivity index (χ0) is 13.7. The van der Waals surface area contributed by atoms with Crippen molar-refractivity contribution in [3.05, 3.63) is 34.3 Å². The molecule has 0 radical (unpaired) electrons. The van der Waals surface area contributed by atoms with Crippen molar-refractivity contribution in [3.8, 4) is 0 Å². The van der Waals surface area contributed by atoms with Crippen LogP contribution in [0.15, 0.2) is 28.7 Å². The van der Waals surface area contributed by atoms with Crippen molar-refractivity contribution in [2.75, 3.05) is 6.54 Å². The molecule has 1 unspecified atom stereocenters. The van der Waals surface area contributed by atoms with E-state index in [2.05, 4.69) is 26.9 Å². The topological polar surface area (TPSA) is 40.5 Å². The summed E-state index contributed by atoms with van der Waals surface area (Å²) in [6.45, 7) is 1.58. The van der Waals surface area contributed by atoms with E-state index in [1.165, 1.54) is 6.42 Å². The highest BCUT2D eigenvalue weighted by Crippen LogP contribution is 2.23. The van der Waals surface area contributed by atoms with Crippen LogP contribution in [0.3, 0.4) is 0 Å².